The van der Waals surface area contributed by atoms with Crippen LogP contribution in [-0.2, 0) is 16.1 Å². The fourth-order valence-electron chi connectivity index (χ4n) is 5.28. The van der Waals surface area contributed by atoms with E-state index in [0.717, 1.165) is 12.8 Å². The van der Waals surface area contributed by atoms with Gasteiger partial charge in [0.1, 0.15) is 5.78 Å². The van der Waals surface area contributed by atoms with Crippen molar-refractivity contribution in [2.24, 2.45) is 22.7 Å². The predicted octanol–water partition coefficient (Wildman–Crippen LogP) is 5.01. The van der Waals surface area contributed by atoms with E-state index in [1.54, 1.807) is 0 Å². The molecule has 0 saturated heterocycles. The molecular formula is C21H30O2. The van der Waals surface area contributed by atoms with Crippen molar-refractivity contribution in [1.82, 2.24) is 0 Å². The molecular weight excluding hydrogens is 284 g/mol. The molecule has 1 unspecified atom stereocenters. The van der Waals surface area contributed by atoms with Gasteiger partial charge in [0.2, 0.25) is 0 Å². The lowest BCUT2D eigenvalue weighted by Crippen LogP contribution is -2.53. The molecule has 2 nitrogen and oxygen atoms in total. The SMILES string of the molecule is CC1(C)CCC[C@@]2(C)C(COCc3ccccc3)C(=O)CC[C@H]12. The molecule has 3 rings (SSSR count). The van der Waals surface area contributed by atoms with Crippen molar-refractivity contribution < 1.29 is 9.53 Å². The fraction of sp³-hybridized carbons (Fsp3) is 0.667. The van der Waals surface area contributed by atoms with Crippen LogP contribution in [0.1, 0.15) is 58.4 Å². The van der Waals surface area contributed by atoms with E-state index in [1.165, 1.54) is 24.8 Å². The largest absolute Gasteiger partial charge is 0.376 e. The molecule has 0 amide bonds. The molecule has 1 aromatic carbocycles. The number of rotatable bonds is 4. The van der Waals surface area contributed by atoms with E-state index in [4.69, 9.17) is 4.74 Å². The monoisotopic (exact) mass is 314 g/mol. The van der Waals surface area contributed by atoms with Crippen LogP contribution in [0.4, 0.5) is 0 Å². The quantitative estimate of drug-likeness (QED) is 0.780. The van der Waals surface area contributed by atoms with Gasteiger partial charge in [0.05, 0.1) is 13.2 Å². The van der Waals surface area contributed by atoms with Crippen molar-refractivity contribution in [1.29, 1.82) is 0 Å². The van der Waals surface area contributed by atoms with E-state index in [1.807, 2.05) is 18.2 Å². The Kier molecular flexibility index (Phi) is 4.64. The Labute approximate surface area is 140 Å². The Morgan fingerprint density at radius 3 is 2.61 bits per heavy atom. The third kappa shape index (κ3) is 3.24. The molecule has 1 aromatic rings. The van der Waals surface area contributed by atoms with Crippen molar-refractivity contribution in [3.05, 3.63) is 35.9 Å². The summed E-state index contributed by atoms with van der Waals surface area (Å²) in [6.07, 6.45) is 5.51. The first-order valence-corrected chi connectivity index (χ1v) is 9.08. The lowest BCUT2D eigenvalue weighted by atomic mass is 9.48. The summed E-state index contributed by atoms with van der Waals surface area (Å²) in [5, 5.41) is 0. The highest BCUT2D eigenvalue weighted by molar-refractivity contribution is 5.83. The normalized spacial score (nSPS) is 33.3. The maximum Gasteiger partial charge on any atom is 0.138 e. The van der Waals surface area contributed by atoms with Gasteiger partial charge in [-0.05, 0) is 41.6 Å². The first-order valence-electron chi connectivity index (χ1n) is 9.08. The van der Waals surface area contributed by atoms with Crippen LogP contribution < -0.4 is 0 Å². The molecule has 2 aliphatic carbocycles. The maximum absolute atomic E-state index is 12.6. The molecule has 0 aromatic heterocycles. The molecule has 3 atom stereocenters. The second kappa shape index (κ2) is 6.39. The summed E-state index contributed by atoms with van der Waals surface area (Å²) in [5.41, 5.74) is 1.65. The van der Waals surface area contributed by atoms with E-state index in [0.29, 0.717) is 30.3 Å². The Bertz CT molecular complexity index is 548. The second-order valence-corrected chi connectivity index (χ2v) is 8.46. The maximum atomic E-state index is 12.6. The fourth-order valence-corrected chi connectivity index (χ4v) is 5.28. The zero-order valence-electron chi connectivity index (χ0n) is 14.8. The number of benzene rings is 1. The summed E-state index contributed by atoms with van der Waals surface area (Å²) in [7, 11) is 0. The third-order valence-corrected chi connectivity index (χ3v) is 6.54. The molecule has 2 aliphatic rings. The zero-order valence-corrected chi connectivity index (χ0v) is 14.8. The highest BCUT2D eigenvalue weighted by Gasteiger charge is 2.54. The molecule has 0 heterocycles. The van der Waals surface area contributed by atoms with Crippen molar-refractivity contribution in [2.75, 3.05) is 6.61 Å². The molecule has 0 spiro atoms. The van der Waals surface area contributed by atoms with Crippen LogP contribution in [0.3, 0.4) is 0 Å². The minimum atomic E-state index is 0.0736. The van der Waals surface area contributed by atoms with E-state index < -0.39 is 0 Å². The predicted molar refractivity (Wildman–Crippen MR) is 93.1 cm³/mol. The van der Waals surface area contributed by atoms with Crippen molar-refractivity contribution in [2.45, 2.75) is 59.5 Å². The summed E-state index contributed by atoms with van der Waals surface area (Å²) in [6, 6.07) is 10.2. The van der Waals surface area contributed by atoms with E-state index in [-0.39, 0.29) is 11.3 Å². The van der Waals surface area contributed by atoms with Gasteiger partial charge < -0.3 is 4.74 Å². The molecule has 0 aliphatic heterocycles. The molecule has 2 fully saturated rings. The van der Waals surface area contributed by atoms with Gasteiger partial charge in [-0.3, -0.25) is 4.79 Å². The van der Waals surface area contributed by atoms with Gasteiger partial charge in [0, 0.05) is 12.3 Å². The highest BCUT2D eigenvalue weighted by atomic mass is 16.5. The van der Waals surface area contributed by atoms with Crippen LogP contribution in [0.15, 0.2) is 30.3 Å². The van der Waals surface area contributed by atoms with Gasteiger partial charge in [-0.15, -0.1) is 0 Å². The van der Waals surface area contributed by atoms with Crippen molar-refractivity contribution in [3.8, 4) is 0 Å². The molecule has 23 heavy (non-hydrogen) atoms. The van der Waals surface area contributed by atoms with Crippen LogP contribution in [0, 0.1) is 22.7 Å². The number of carbonyl (C=O) groups excluding carboxylic acids is 1. The first kappa shape index (κ1) is 16.7. The Morgan fingerprint density at radius 2 is 1.87 bits per heavy atom. The van der Waals surface area contributed by atoms with Crippen LogP contribution in [0.5, 0.6) is 0 Å². The van der Waals surface area contributed by atoms with Gasteiger partial charge in [0.15, 0.2) is 0 Å². The van der Waals surface area contributed by atoms with Crippen LogP contribution in [-0.4, -0.2) is 12.4 Å². The van der Waals surface area contributed by atoms with Gasteiger partial charge >= 0.3 is 0 Å². The summed E-state index contributed by atoms with van der Waals surface area (Å²) in [4.78, 5) is 12.6. The van der Waals surface area contributed by atoms with Gasteiger partial charge in [-0.2, -0.15) is 0 Å². The topological polar surface area (TPSA) is 26.3 Å². The number of hydrogen-bond acceptors (Lipinski definition) is 2. The Morgan fingerprint density at radius 1 is 1.13 bits per heavy atom. The lowest BCUT2D eigenvalue weighted by Gasteiger charge is -2.56. The number of Topliss-reactive ketones (excluding diaryl/α,β-unsaturated/α-hetero) is 1. The van der Waals surface area contributed by atoms with Crippen LogP contribution in [0.25, 0.3) is 0 Å². The summed E-state index contributed by atoms with van der Waals surface area (Å²) in [6.45, 7) is 8.33. The molecule has 0 radical (unpaired) electrons. The Balaban J connectivity index is 1.70. The van der Waals surface area contributed by atoms with Crippen molar-refractivity contribution >= 4 is 5.78 Å². The van der Waals surface area contributed by atoms with Crippen LogP contribution >= 0.6 is 0 Å². The van der Waals surface area contributed by atoms with E-state index >= 15 is 0 Å². The third-order valence-electron chi connectivity index (χ3n) is 6.54. The number of hydrogen-bond donors (Lipinski definition) is 0. The van der Waals surface area contributed by atoms with Gasteiger partial charge in [-0.25, -0.2) is 0 Å². The van der Waals surface area contributed by atoms with E-state index in [2.05, 4.69) is 32.9 Å². The first-order chi connectivity index (χ1) is 10.9. The molecule has 2 saturated carbocycles. The summed E-state index contributed by atoms with van der Waals surface area (Å²) >= 11 is 0. The zero-order chi connectivity index (χ0) is 16.5. The van der Waals surface area contributed by atoms with E-state index in [9.17, 15) is 4.79 Å². The number of ketones is 1. The summed E-state index contributed by atoms with van der Waals surface area (Å²) in [5.74, 6) is 1.14. The minimum Gasteiger partial charge on any atom is -0.376 e. The average Bonchev–Trinajstić information content (AvgIpc) is 2.50. The number of fused-ring (bicyclic) bond motifs is 1. The van der Waals surface area contributed by atoms with Crippen LogP contribution in [0.2, 0.25) is 0 Å². The lowest BCUT2D eigenvalue weighted by molar-refractivity contribution is -0.149. The highest BCUT2D eigenvalue weighted by Crippen LogP contribution is 2.58. The minimum absolute atomic E-state index is 0.0736. The van der Waals surface area contributed by atoms with Gasteiger partial charge in [0.25, 0.3) is 0 Å². The standard InChI is InChI=1S/C21H30O2/c1-20(2)12-7-13-21(3)17(18(22)10-11-19(20)21)15-23-14-16-8-5-4-6-9-16/h4-6,8-9,17,19H,7,10-15H2,1-3H3/t17?,19-,21+/m1/s1. The summed E-state index contributed by atoms with van der Waals surface area (Å²) < 4.78 is 5.99. The molecule has 2 heteroatoms. The number of carbonyl (C=O) groups is 1. The van der Waals surface area contributed by atoms with Crippen molar-refractivity contribution in [3.63, 3.8) is 0 Å². The number of ether oxygens (including phenoxy) is 1. The molecule has 126 valence electrons. The molecule has 0 bridgehead atoms. The van der Waals surface area contributed by atoms with Gasteiger partial charge in [-0.1, -0.05) is 57.5 Å². The Hall–Kier alpha value is -1.15. The molecule has 0 N–H and O–H groups in total. The second-order valence-electron chi connectivity index (χ2n) is 8.46. The smallest absolute Gasteiger partial charge is 0.138 e. The average molecular weight is 314 g/mol.